The fraction of sp³-hybridized carbons (Fsp3) is 0.667. The molecule has 0 aliphatic carbocycles. The minimum absolute atomic E-state index is 0.0719. The second-order valence-electron chi connectivity index (χ2n) is 8.42. The van der Waals surface area contributed by atoms with Crippen molar-refractivity contribution in [1.29, 1.82) is 0 Å². The third kappa shape index (κ3) is 4.34. The maximum Gasteiger partial charge on any atom is 0.303 e. The predicted octanol–water partition coefficient (Wildman–Crippen LogP) is 2.48. The summed E-state index contributed by atoms with van der Waals surface area (Å²) in [4.78, 5) is 24.1. The number of aromatic nitrogens is 4. The van der Waals surface area contributed by atoms with Crippen molar-refractivity contribution in [2.24, 2.45) is 0 Å². The van der Waals surface area contributed by atoms with Crippen LogP contribution < -0.4 is 5.73 Å². The summed E-state index contributed by atoms with van der Waals surface area (Å²) in [7, 11) is -0.935. The quantitative estimate of drug-likeness (QED) is 0.701. The highest BCUT2D eigenvalue weighted by molar-refractivity contribution is 6.58. The smallest absolute Gasteiger partial charge is 0.303 e. The molecule has 1 saturated heterocycles. The van der Waals surface area contributed by atoms with Crippen molar-refractivity contribution in [3.05, 3.63) is 12.7 Å². The van der Waals surface area contributed by atoms with Crippen LogP contribution in [0.4, 0.5) is 5.82 Å². The zero-order chi connectivity index (χ0) is 20.6. The summed E-state index contributed by atoms with van der Waals surface area (Å²) in [6.07, 6.45) is 2.83. The lowest BCUT2D eigenvalue weighted by atomic mass is 10.1. The Morgan fingerprint density at radius 1 is 1.43 bits per heavy atom. The fourth-order valence-corrected chi connectivity index (χ4v) is 5.21. The van der Waals surface area contributed by atoms with E-state index in [0.717, 1.165) is 0 Å². The second-order valence-corrected chi connectivity index (χ2v) is 11.3. The molecule has 9 nitrogen and oxygen atoms in total. The van der Waals surface area contributed by atoms with E-state index in [1.807, 2.05) is 25.3 Å². The molecule has 3 heterocycles. The van der Waals surface area contributed by atoms with E-state index in [2.05, 4.69) is 28.0 Å². The molecule has 3 N–H and O–H groups in total. The van der Waals surface area contributed by atoms with Crippen LogP contribution in [0.2, 0.25) is 18.6 Å². The first-order valence-electron chi connectivity index (χ1n) is 9.35. The van der Waals surface area contributed by atoms with Crippen molar-refractivity contribution in [1.82, 2.24) is 19.5 Å². The largest absolute Gasteiger partial charge is 0.481 e. The SMILES string of the molecule is C[Si](C)C(CC(=O)O)[C@H]1O[C@@H](n2cnc3c(N)ncnc32)C[C@@H]1OC(C)(C)C. The molecule has 0 bridgehead atoms. The maximum absolute atomic E-state index is 11.5. The van der Waals surface area contributed by atoms with Crippen LogP contribution in [-0.4, -0.2) is 57.2 Å². The Bertz CT molecular complexity index is 850. The van der Waals surface area contributed by atoms with Crippen LogP contribution in [0.3, 0.4) is 0 Å². The summed E-state index contributed by atoms with van der Waals surface area (Å²) >= 11 is 0. The van der Waals surface area contributed by atoms with E-state index in [4.69, 9.17) is 15.2 Å². The number of fused-ring (bicyclic) bond motifs is 1. The molecule has 153 valence electrons. The minimum atomic E-state index is -0.935. The lowest BCUT2D eigenvalue weighted by Crippen LogP contribution is -2.39. The van der Waals surface area contributed by atoms with Crippen molar-refractivity contribution < 1.29 is 19.4 Å². The van der Waals surface area contributed by atoms with Crippen LogP contribution in [0.25, 0.3) is 11.2 Å². The highest BCUT2D eigenvalue weighted by Gasteiger charge is 2.45. The van der Waals surface area contributed by atoms with Gasteiger partial charge in [-0.1, -0.05) is 13.1 Å². The van der Waals surface area contributed by atoms with Crippen LogP contribution in [0.15, 0.2) is 12.7 Å². The van der Waals surface area contributed by atoms with Crippen molar-refractivity contribution in [2.75, 3.05) is 5.73 Å². The van der Waals surface area contributed by atoms with Crippen LogP contribution in [0, 0.1) is 0 Å². The van der Waals surface area contributed by atoms with Crippen LogP contribution in [0.5, 0.6) is 0 Å². The van der Waals surface area contributed by atoms with Gasteiger partial charge in [-0.25, -0.2) is 15.0 Å². The van der Waals surface area contributed by atoms with Gasteiger partial charge in [0.2, 0.25) is 0 Å². The predicted molar refractivity (Wildman–Crippen MR) is 106 cm³/mol. The van der Waals surface area contributed by atoms with E-state index in [-0.39, 0.29) is 36.0 Å². The maximum atomic E-state index is 11.5. The first kappa shape index (κ1) is 20.7. The van der Waals surface area contributed by atoms with Gasteiger partial charge in [-0.15, -0.1) is 0 Å². The highest BCUT2D eigenvalue weighted by Crippen LogP contribution is 2.41. The number of carboxylic acid groups (broad SMARTS) is 1. The summed E-state index contributed by atoms with van der Waals surface area (Å²) < 4.78 is 14.5. The second kappa shape index (κ2) is 7.76. The molecule has 4 atom stereocenters. The molecule has 0 amide bonds. The molecule has 0 aromatic carbocycles. The average molecular weight is 407 g/mol. The summed E-state index contributed by atoms with van der Waals surface area (Å²) in [5.74, 6) is -0.497. The van der Waals surface area contributed by atoms with Gasteiger partial charge in [0.1, 0.15) is 18.1 Å². The van der Waals surface area contributed by atoms with Crippen LogP contribution in [-0.2, 0) is 14.3 Å². The Morgan fingerprint density at radius 2 is 2.14 bits per heavy atom. The van der Waals surface area contributed by atoms with Gasteiger partial charge in [0.25, 0.3) is 0 Å². The van der Waals surface area contributed by atoms with Gasteiger partial charge in [-0.2, -0.15) is 0 Å². The molecule has 28 heavy (non-hydrogen) atoms. The molecule has 2 aromatic heterocycles. The van der Waals surface area contributed by atoms with Gasteiger partial charge in [0.15, 0.2) is 11.5 Å². The number of aliphatic carboxylic acids is 1. The van der Waals surface area contributed by atoms with Crippen molar-refractivity contribution >= 4 is 31.7 Å². The van der Waals surface area contributed by atoms with E-state index in [9.17, 15) is 9.90 Å². The highest BCUT2D eigenvalue weighted by atomic mass is 28.3. The zero-order valence-electron chi connectivity index (χ0n) is 16.9. The number of ether oxygens (including phenoxy) is 2. The van der Waals surface area contributed by atoms with Gasteiger partial charge in [-0.05, 0) is 26.3 Å². The molecule has 1 fully saturated rings. The normalized spacial score (nSPS) is 24.1. The minimum Gasteiger partial charge on any atom is -0.481 e. The fourth-order valence-electron chi connectivity index (χ4n) is 3.68. The third-order valence-corrected chi connectivity index (χ3v) is 6.87. The lowest BCUT2D eigenvalue weighted by molar-refractivity contribution is -0.139. The summed E-state index contributed by atoms with van der Waals surface area (Å²) in [5.41, 5.74) is 6.58. The molecule has 3 rings (SSSR count). The van der Waals surface area contributed by atoms with E-state index in [0.29, 0.717) is 23.4 Å². The van der Waals surface area contributed by atoms with Gasteiger partial charge >= 0.3 is 5.97 Å². The number of carbonyl (C=O) groups is 1. The van der Waals surface area contributed by atoms with E-state index in [1.165, 1.54) is 6.33 Å². The molecule has 2 aromatic rings. The number of hydrogen-bond donors (Lipinski definition) is 2. The van der Waals surface area contributed by atoms with Crippen LogP contribution >= 0.6 is 0 Å². The number of carboxylic acids is 1. The summed E-state index contributed by atoms with van der Waals surface area (Å²) in [5, 5.41) is 9.41. The zero-order valence-corrected chi connectivity index (χ0v) is 17.9. The lowest BCUT2D eigenvalue weighted by Gasteiger charge is -2.32. The Morgan fingerprint density at radius 3 is 2.75 bits per heavy atom. The van der Waals surface area contributed by atoms with E-state index in [1.54, 1.807) is 6.33 Å². The molecule has 10 heteroatoms. The number of hydrogen-bond acceptors (Lipinski definition) is 7. The van der Waals surface area contributed by atoms with Crippen molar-refractivity contribution in [3.8, 4) is 0 Å². The van der Waals surface area contributed by atoms with Gasteiger partial charge in [-0.3, -0.25) is 9.36 Å². The third-order valence-electron chi connectivity index (χ3n) is 4.85. The summed E-state index contributed by atoms with van der Waals surface area (Å²) in [6.45, 7) is 10.2. The topological polar surface area (TPSA) is 125 Å². The Labute approximate surface area is 165 Å². The molecule has 1 aliphatic rings. The van der Waals surface area contributed by atoms with Crippen LogP contribution in [0.1, 0.15) is 39.8 Å². The van der Waals surface area contributed by atoms with Crippen molar-refractivity contribution in [3.63, 3.8) is 0 Å². The molecule has 1 radical (unpaired) electrons. The van der Waals surface area contributed by atoms with Crippen molar-refractivity contribution in [2.45, 2.75) is 76.3 Å². The number of nitrogen functional groups attached to an aromatic ring is 1. The number of imidazole rings is 1. The Kier molecular flexibility index (Phi) is 5.73. The van der Waals surface area contributed by atoms with Gasteiger partial charge in [0.05, 0.1) is 24.1 Å². The molecular formula is C18H28N5O4Si. The number of nitrogens with zero attached hydrogens (tertiary/aromatic N) is 4. The molecule has 0 spiro atoms. The number of anilines is 1. The first-order chi connectivity index (χ1) is 13.1. The Hall–Kier alpha value is -2.04. The number of rotatable bonds is 6. The van der Waals surface area contributed by atoms with E-state index < -0.39 is 14.8 Å². The Balaban J connectivity index is 1.94. The van der Waals surface area contributed by atoms with Gasteiger partial charge in [0, 0.05) is 21.6 Å². The molecule has 0 saturated carbocycles. The van der Waals surface area contributed by atoms with E-state index >= 15 is 0 Å². The first-order valence-corrected chi connectivity index (χ1v) is 11.9. The average Bonchev–Trinajstić information content (AvgIpc) is 3.15. The molecule has 1 unspecified atom stereocenters. The summed E-state index contributed by atoms with van der Waals surface area (Å²) in [6, 6.07) is 0. The molecule has 1 aliphatic heterocycles. The molecular weight excluding hydrogens is 378 g/mol. The van der Waals surface area contributed by atoms with Gasteiger partial charge < -0.3 is 20.3 Å². The monoisotopic (exact) mass is 406 g/mol. The number of nitrogens with two attached hydrogens (primary N) is 1. The standard InChI is InChI=1S/C18H28N5O4Si/c1-18(2,3)27-10-6-12(26-15(10)11(28(4)5)7-13(24)25)23-9-22-14-16(19)20-8-21-17(14)23/h8-12,15H,6-7H2,1-5H3,(H,24,25)(H2,19,20,21)/t10-,11?,12+,15-/m0/s1.